The second-order valence-corrected chi connectivity index (χ2v) is 8.27. The first-order valence-corrected chi connectivity index (χ1v) is 11.4. The molecule has 2 amide bonds. The van der Waals surface area contributed by atoms with Crippen molar-refractivity contribution in [3.05, 3.63) is 47.5 Å². The Kier molecular flexibility index (Phi) is 7.15. The van der Waals surface area contributed by atoms with Crippen LogP contribution in [0.1, 0.15) is 19.8 Å². The molecular formula is C24H27ClN4O4. The zero-order valence-corrected chi connectivity index (χ0v) is 19.5. The topological polar surface area (TPSA) is 85.7 Å². The van der Waals surface area contributed by atoms with Crippen molar-refractivity contribution in [2.45, 2.75) is 26.3 Å². The number of para-hydroxylation sites is 2. The highest BCUT2D eigenvalue weighted by molar-refractivity contribution is 6.31. The molecule has 2 heterocycles. The van der Waals surface area contributed by atoms with Crippen LogP contribution in [0.2, 0.25) is 5.02 Å². The summed E-state index contributed by atoms with van der Waals surface area (Å²) in [5, 5.41) is 3.44. The van der Waals surface area contributed by atoms with Crippen LogP contribution < -0.4 is 15.0 Å². The number of aryl methyl sites for hydroxylation is 1. The molecule has 1 atom stereocenters. The van der Waals surface area contributed by atoms with E-state index in [0.29, 0.717) is 42.2 Å². The van der Waals surface area contributed by atoms with E-state index in [-0.39, 0.29) is 24.8 Å². The minimum absolute atomic E-state index is 0.103. The fourth-order valence-corrected chi connectivity index (χ4v) is 4.24. The Balaban J connectivity index is 1.52. The van der Waals surface area contributed by atoms with Crippen LogP contribution in [0, 0.1) is 5.92 Å². The predicted molar refractivity (Wildman–Crippen MR) is 128 cm³/mol. The maximum absolute atomic E-state index is 13.1. The number of amides is 2. The average molecular weight is 471 g/mol. The third-order valence-corrected chi connectivity index (χ3v) is 5.93. The number of anilines is 2. The highest BCUT2D eigenvalue weighted by Crippen LogP contribution is 2.35. The monoisotopic (exact) mass is 470 g/mol. The first-order chi connectivity index (χ1) is 16.0. The molecule has 9 heteroatoms. The van der Waals surface area contributed by atoms with Gasteiger partial charge in [-0.2, -0.15) is 0 Å². The third-order valence-electron chi connectivity index (χ3n) is 5.69. The number of rotatable bonds is 9. The Labute approximate surface area is 197 Å². The predicted octanol–water partition coefficient (Wildman–Crippen LogP) is 4.12. The van der Waals surface area contributed by atoms with Gasteiger partial charge in [-0.1, -0.05) is 23.7 Å². The minimum atomic E-state index is -0.516. The number of halogens is 1. The molecule has 1 aliphatic rings. The van der Waals surface area contributed by atoms with Crippen LogP contribution in [-0.2, 0) is 20.9 Å². The zero-order valence-electron chi connectivity index (χ0n) is 18.7. The molecule has 0 saturated carbocycles. The number of carbonyl (C=O) groups excluding carboxylic acids is 2. The normalized spacial score (nSPS) is 15.9. The van der Waals surface area contributed by atoms with Crippen molar-refractivity contribution in [2.24, 2.45) is 5.92 Å². The molecular weight excluding hydrogens is 444 g/mol. The van der Waals surface area contributed by atoms with E-state index in [1.54, 1.807) is 23.1 Å². The summed E-state index contributed by atoms with van der Waals surface area (Å²) in [6.45, 7) is 4.16. The molecule has 8 nitrogen and oxygen atoms in total. The largest absolute Gasteiger partial charge is 0.495 e. The van der Waals surface area contributed by atoms with Crippen LogP contribution in [0.3, 0.4) is 0 Å². The summed E-state index contributed by atoms with van der Waals surface area (Å²) in [6.07, 6.45) is 0.896. The number of methoxy groups -OCH3 is 1. The molecule has 1 saturated heterocycles. The van der Waals surface area contributed by atoms with Gasteiger partial charge in [0.1, 0.15) is 5.75 Å². The summed E-state index contributed by atoms with van der Waals surface area (Å²) in [5.41, 5.74) is 2.31. The van der Waals surface area contributed by atoms with Crippen molar-refractivity contribution in [1.29, 1.82) is 0 Å². The van der Waals surface area contributed by atoms with E-state index in [9.17, 15) is 9.59 Å². The van der Waals surface area contributed by atoms with Gasteiger partial charge in [0.2, 0.25) is 17.8 Å². The molecule has 4 rings (SSSR count). The summed E-state index contributed by atoms with van der Waals surface area (Å²) in [4.78, 5) is 32.1. The van der Waals surface area contributed by atoms with Gasteiger partial charge in [-0.25, -0.2) is 4.98 Å². The Hall–Kier alpha value is -3.10. The molecule has 1 aromatic heterocycles. The summed E-state index contributed by atoms with van der Waals surface area (Å²) in [7, 11) is 1.54. The number of hydrogen-bond donors (Lipinski definition) is 1. The minimum Gasteiger partial charge on any atom is -0.495 e. The number of imidazole rings is 1. The summed E-state index contributed by atoms with van der Waals surface area (Å²) in [6, 6.07) is 12.8. The molecule has 1 fully saturated rings. The number of nitrogens with zero attached hydrogens (tertiary/aromatic N) is 3. The van der Waals surface area contributed by atoms with E-state index in [2.05, 4.69) is 10.3 Å². The summed E-state index contributed by atoms with van der Waals surface area (Å²) < 4.78 is 12.8. The fraction of sp³-hybridized carbons (Fsp3) is 0.375. The van der Waals surface area contributed by atoms with Gasteiger partial charge in [-0.3, -0.25) is 14.9 Å². The number of ether oxygens (including phenoxy) is 2. The molecule has 1 aliphatic heterocycles. The standard InChI is InChI=1S/C24H27ClN4O4/c1-3-33-12-6-11-28-19-8-5-4-7-18(19)26-24(28)27-23(31)16-13-22(30)29(15-16)20-14-17(25)9-10-21(20)32-2/h4-5,7-10,14,16H,3,6,11-13,15H2,1-2H3,(H,26,27,31). The molecule has 2 aromatic carbocycles. The van der Waals surface area contributed by atoms with Gasteiger partial charge in [0.15, 0.2) is 0 Å². The highest BCUT2D eigenvalue weighted by atomic mass is 35.5. The van der Waals surface area contributed by atoms with Gasteiger partial charge in [0.05, 0.1) is 29.7 Å². The van der Waals surface area contributed by atoms with Gasteiger partial charge < -0.3 is 18.9 Å². The van der Waals surface area contributed by atoms with Crippen LogP contribution in [0.4, 0.5) is 11.6 Å². The van der Waals surface area contributed by atoms with Gasteiger partial charge in [-0.15, -0.1) is 0 Å². The maximum atomic E-state index is 13.1. The van der Waals surface area contributed by atoms with Crippen LogP contribution in [-0.4, -0.2) is 48.2 Å². The Morgan fingerprint density at radius 2 is 2.09 bits per heavy atom. The molecule has 33 heavy (non-hydrogen) atoms. The van der Waals surface area contributed by atoms with Crippen molar-refractivity contribution in [3.63, 3.8) is 0 Å². The number of benzene rings is 2. The molecule has 0 spiro atoms. The van der Waals surface area contributed by atoms with Crippen molar-refractivity contribution < 1.29 is 19.1 Å². The lowest BCUT2D eigenvalue weighted by Crippen LogP contribution is -2.29. The Bertz CT molecular complexity index is 1160. The number of fused-ring (bicyclic) bond motifs is 1. The quantitative estimate of drug-likeness (QED) is 0.475. The van der Waals surface area contributed by atoms with Crippen LogP contribution in [0.5, 0.6) is 5.75 Å². The van der Waals surface area contributed by atoms with Gasteiger partial charge in [0, 0.05) is 37.7 Å². The Morgan fingerprint density at radius 1 is 1.27 bits per heavy atom. The molecule has 0 radical (unpaired) electrons. The summed E-state index contributed by atoms with van der Waals surface area (Å²) in [5.74, 6) is 0.0980. The van der Waals surface area contributed by atoms with Gasteiger partial charge in [0.25, 0.3) is 0 Å². The van der Waals surface area contributed by atoms with Crippen LogP contribution >= 0.6 is 11.6 Å². The fourth-order valence-electron chi connectivity index (χ4n) is 4.07. The number of hydrogen-bond acceptors (Lipinski definition) is 5. The average Bonchev–Trinajstić information content (AvgIpc) is 3.37. The lowest BCUT2D eigenvalue weighted by Gasteiger charge is -2.20. The van der Waals surface area contributed by atoms with E-state index in [4.69, 9.17) is 21.1 Å². The smallest absolute Gasteiger partial charge is 0.232 e. The van der Waals surface area contributed by atoms with Crippen LogP contribution in [0.15, 0.2) is 42.5 Å². The molecule has 1 N–H and O–H groups in total. The van der Waals surface area contributed by atoms with E-state index in [0.717, 1.165) is 17.5 Å². The number of carbonyl (C=O) groups is 2. The molecule has 0 aliphatic carbocycles. The second kappa shape index (κ2) is 10.2. The molecule has 174 valence electrons. The van der Waals surface area contributed by atoms with Crippen molar-refractivity contribution in [2.75, 3.05) is 37.1 Å². The molecule has 0 bridgehead atoms. The summed E-state index contributed by atoms with van der Waals surface area (Å²) >= 11 is 6.13. The van der Waals surface area contributed by atoms with E-state index >= 15 is 0 Å². The highest BCUT2D eigenvalue weighted by Gasteiger charge is 2.37. The zero-order chi connectivity index (χ0) is 23.4. The van der Waals surface area contributed by atoms with Crippen LogP contribution in [0.25, 0.3) is 11.0 Å². The number of nitrogens with one attached hydrogen (secondary N) is 1. The van der Waals surface area contributed by atoms with Crippen molar-refractivity contribution in [3.8, 4) is 5.75 Å². The SMILES string of the molecule is CCOCCCn1c(NC(=O)C2CC(=O)N(c3cc(Cl)ccc3OC)C2)nc2ccccc21. The van der Waals surface area contributed by atoms with E-state index in [1.165, 1.54) is 7.11 Å². The second-order valence-electron chi connectivity index (χ2n) is 7.84. The van der Waals surface area contributed by atoms with E-state index in [1.807, 2.05) is 35.8 Å². The lowest BCUT2D eigenvalue weighted by molar-refractivity contribution is -0.122. The lowest BCUT2D eigenvalue weighted by atomic mass is 10.1. The van der Waals surface area contributed by atoms with E-state index < -0.39 is 5.92 Å². The van der Waals surface area contributed by atoms with Crippen molar-refractivity contribution >= 4 is 46.1 Å². The van der Waals surface area contributed by atoms with Crippen molar-refractivity contribution in [1.82, 2.24) is 9.55 Å². The molecule has 1 unspecified atom stereocenters. The molecule has 3 aromatic rings. The van der Waals surface area contributed by atoms with Gasteiger partial charge >= 0.3 is 0 Å². The third kappa shape index (κ3) is 4.96. The number of aromatic nitrogens is 2. The van der Waals surface area contributed by atoms with Gasteiger partial charge in [-0.05, 0) is 43.7 Å². The first-order valence-electron chi connectivity index (χ1n) is 11.0. The maximum Gasteiger partial charge on any atom is 0.232 e. The Morgan fingerprint density at radius 3 is 2.88 bits per heavy atom. The first kappa shape index (κ1) is 23.1.